The molecule has 0 aromatic heterocycles. The molecule has 1 aliphatic rings. The number of carbonyl (C=O) groups is 1. The van der Waals surface area contributed by atoms with Crippen LogP contribution >= 0.6 is 22.6 Å². The third kappa shape index (κ3) is 5.58. The molecule has 1 aliphatic carbocycles. The first-order valence-electron chi connectivity index (χ1n) is 7.03. The lowest BCUT2D eigenvalue weighted by molar-refractivity contribution is -0.131. The number of rotatable bonds is 7. The summed E-state index contributed by atoms with van der Waals surface area (Å²) in [4.78, 5) is 12.1. The van der Waals surface area contributed by atoms with Crippen molar-refractivity contribution in [2.24, 2.45) is 5.41 Å². The van der Waals surface area contributed by atoms with Crippen LogP contribution in [-0.4, -0.2) is 16.9 Å². The van der Waals surface area contributed by atoms with Gasteiger partial charge in [-0.1, -0.05) is 61.6 Å². The van der Waals surface area contributed by atoms with Gasteiger partial charge in [0.1, 0.15) is 0 Å². The fourth-order valence-electron chi connectivity index (χ4n) is 2.55. The Morgan fingerprint density at radius 1 is 1.12 bits per heavy atom. The number of halogens is 1. The molecule has 1 amide bonds. The molecule has 0 saturated heterocycles. The molecule has 0 bridgehead atoms. The Hall–Kier alpha value is 0.200. The first kappa shape index (κ1) is 15.3. The third-order valence-electron chi connectivity index (χ3n) is 3.85. The summed E-state index contributed by atoms with van der Waals surface area (Å²) < 4.78 is 1.25. The van der Waals surface area contributed by atoms with Crippen LogP contribution in [0.25, 0.3) is 0 Å². The molecule has 100 valence electrons. The van der Waals surface area contributed by atoms with Crippen molar-refractivity contribution in [1.82, 2.24) is 5.32 Å². The largest absolute Gasteiger partial charge is 0.356 e. The SMILES string of the molecule is CC1(C(=O)NCCCCCCI)CCCCC1. The maximum Gasteiger partial charge on any atom is 0.225 e. The van der Waals surface area contributed by atoms with Gasteiger partial charge in [-0.3, -0.25) is 4.79 Å². The molecule has 0 radical (unpaired) electrons. The average molecular weight is 351 g/mol. The van der Waals surface area contributed by atoms with Gasteiger partial charge >= 0.3 is 0 Å². The van der Waals surface area contributed by atoms with Crippen LogP contribution in [0.1, 0.15) is 64.7 Å². The van der Waals surface area contributed by atoms with E-state index in [4.69, 9.17) is 0 Å². The standard InChI is InChI=1S/C14H26INO/c1-14(9-5-4-6-10-14)13(17)16-12-8-3-2-7-11-15/h2-12H2,1H3,(H,16,17). The first-order chi connectivity index (χ1) is 8.19. The molecule has 2 nitrogen and oxygen atoms in total. The van der Waals surface area contributed by atoms with Gasteiger partial charge in [0, 0.05) is 12.0 Å². The number of hydrogen-bond acceptors (Lipinski definition) is 1. The van der Waals surface area contributed by atoms with Gasteiger partial charge in [0.05, 0.1) is 0 Å². The smallest absolute Gasteiger partial charge is 0.225 e. The van der Waals surface area contributed by atoms with Gasteiger partial charge in [0.2, 0.25) is 5.91 Å². The number of carbonyl (C=O) groups excluding carboxylic acids is 1. The van der Waals surface area contributed by atoms with Gasteiger partial charge in [0.15, 0.2) is 0 Å². The summed E-state index contributed by atoms with van der Waals surface area (Å²) >= 11 is 2.42. The van der Waals surface area contributed by atoms with E-state index in [9.17, 15) is 4.79 Å². The highest BCUT2D eigenvalue weighted by Crippen LogP contribution is 2.35. The van der Waals surface area contributed by atoms with Crippen LogP contribution in [-0.2, 0) is 4.79 Å². The molecule has 1 fully saturated rings. The molecule has 0 aromatic rings. The minimum atomic E-state index is -0.0690. The van der Waals surface area contributed by atoms with Crippen LogP contribution in [0.5, 0.6) is 0 Å². The van der Waals surface area contributed by atoms with Crippen molar-refractivity contribution < 1.29 is 4.79 Å². The number of unbranched alkanes of at least 4 members (excludes halogenated alkanes) is 3. The summed E-state index contributed by atoms with van der Waals surface area (Å²) in [7, 11) is 0. The van der Waals surface area contributed by atoms with Crippen LogP contribution < -0.4 is 5.32 Å². The van der Waals surface area contributed by atoms with Crippen molar-refractivity contribution in [2.75, 3.05) is 11.0 Å². The third-order valence-corrected chi connectivity index (χ3v) is 4.61. The minimum absolute atomic E-state index is 0.0690. The monoisotopic (exact) mass is 351 g/mol. The van der Waals surface area contributed by atoms with Crippen LogP contribution in [0.4, 0.5) is 0 Å². The predicted octanol–water partition coefficient (Wildman–Crippen LogP) is 4.07. The summed E-state index contributed by atoms with van der Waals surface area (Å²) in [6.45, 7) is 3.01. The normalized spacial score (nSPS) is 18.9. The Balaban J connectivity index is 2.11. The van der Waals surface area contributed by atoms with Gasteiger partial charge in [-0.25, -0.2) is 0 Å². The summed E-state index contributed by atoms with van der Waals surface area (Å²) in [5, 5.41) is 3.13. The molecule has 1 saturated carbocycles. The van der Waals surface area contributed by atoms with Crippen molar-refractivity contribution >= 4 is 28.5 Å². The Labute approximate surface area is 119 Å². The van der Waals surface area contributed by atoms with Crippen LogP contribution in [0, 0.1) is 5.41 Å². The Bertz CT molecular complexity index is 224. The second-order valence-corrected chi connectivity index (χ2v) is 6.56. The summed E-state index contributed by atoms with van der Waals surface area (Å²) in [6, 6.07) is 0. The van der Waals surface area contributed by atoms with Gasteiger partial charge in [-0.15, -0.1) is 0 Å². The fraction of sp³-hybridized carbons (Fsp3) is 0.929. The zero-order chi connectivity index (χ0) is 12.6. The Kier molecular flexibility index (Phi) is 7.47. The molecule has 0 spiro atoms. The van der Waals surface area contributed by atoms with Crippen LogP contribution in [0.3, 0.4) is 0 Å². The van der Waals surface area contributed by atoms with Gasteiger partial charge < -0.3 is 5.32 Å². The van der Waals surface area contributed by atoms with E-state index in [0.29, 0.717) is 5.91 Å². The molecule has 3 heteroatoms. The van der Waals surface area contributed by atoms with Gasteiger partial charge in [0.25, 0.3) is 0 Å². The highest BCUT2D eigenvalue weighted by molar-refractivity contribution is 14.1. The highest BCUT2D eigenvalue weighted by Gasteiger charge is 2.33. The van der Waals surface area contributed by atoms with E-state index in [2.05, 4.69) is 34.8 Å². The van der Waals surface area contributed by atoms with E-state index in [1.165, 1.54) is 43.0 Å². The lowest BCUT2D eigenvalue weighted by Crippen LogP contribution is -2.40. The fourth-order valence-corrected chi connectivity index (χ4v) is 3.09. The molecule has 1 rings (SSSR count). The number of nitrogens with one attached hydrogen (secondary N) is 1. The Morgan fingerprint density at radius 3 is 2.41 bits per heavy atom. The Morgan fingerprint density at radius 2 is 1.76 bits per heavy atom. The molecule has 1 N–H and O–H groups in total. The maximum absolute atomic E-state index is 12.1. The van der Waals surface area contributed by atoms with E-state index in [-0.39, 0.29) is 5.41 Å². The zero-order valence-corrected chi connectivity index (χ0v) is 13.2. The lowest BCUT2D eigenvalue weighted by atomic mass is 9.75. The summed E-state index contributed by atoms with van der Waals surface area (Å²) in [5.41, 5.74) is -0.0690. The van der Waals surface area contributed by atoms with Gasteiger partial charge in [-0.2, -0.15) is 0 Å². The van der Waals surface area contributed by atoms with Crippen LogP contribution in [0.15, 0.2) is 0 Å². The van der Waals surface area contributed by atoms with E-state index < -0.39 is 0 Å². The van der Waals surface area contributed by atoms with Crippen molar-refractivity contribution in [3.63, 3.8) is 0 Å². The molecule has 0 aliphatic heterocycles. The maximum atomic E-state index is 12.1. The second-order valence-electron chi connectivity index (χ2n) is 5.48. The van der Waals surface area contributed by atoms with E-state index in [1.54, 1.807) is 0 Å². The van der Waals surface area contributed by atoms with Crippen molar-refractivity contribution in [2.45, 2.75) is 64.7 Å². The quantitative estimate of drug-likeness (QED) is 0.418. The molecule has 0 heterocycles. The summed E-state index contributed by atoms with van der Waals surface area (Å²) in [6.07, 6.45) is 10.9. The predicted molar refractivity (Wildman–Crippen MR) is 81.6 cm³/mol. The zero-order valence-electron chi connectivity index (χ0n) is 11.1. The van der Waals surface area contributed by atoms with E-state index in [0.717, 1.165) is 25.8 Å². The second kappa shape index (κ2) is 8.33. The summed E-state index contributed by atoms with van der Waals surface area (Å²) in [5.74, 6) is 0.297. The molecular weight excluding hydrogens is 325 g/mol. The van der Waals surface area contributed by atoms with Gasteiger partial charge in [-0.05, 0) is 30.1 Å². The van der Waals surface area contributed by atoms with Crippen molar-refractivity contribution in [3.05, 3.63) is 0 Å². The van der Waals surface area contributed by atoms with Crippen molar-refractivity contribution in [3.8, 4) is 0 Å². The number of amides is 1. The topological polar surface area (TPSA) is 29.1 Å². The molecular formula is C14H26INO. The lowest BCUT2D eigenvalue weighted by Gasteiger charge is -2.32. The number of alkyl halides is 1. The number of hydrogen-bond donors (Lipinski definition) is 1. The van der Waals surface area contributed by atoms with E-state index >= 15 is 0 Å². The first-order valence-corrected chi connectivity index (χ1v) is 8.56. The average Bonchev–Trinajstić information content (AvgIpc) is 2.34. The highest BCUT2D eigenvalue weighted by atomic mass is 127. The van der Waals surface area contributed by atoms with Crippen molar-refractivity contribution in [1.29, 1.82) is 0 Å². The van der Waals surface area contributed by atoms with Crippen LogP contribution in [0.2, 0.25) is 0 Å². The minimum Gasteiger partial charge on any atom is -0.356 e. The molecule has 0 atom stereocenters. The van der Waals surface area contributed by atoms with E-state index in [1.807, 2.05) is 0 Å². The molecule has 0 aromatic carbocycles. The molecule has 0 unspecified atom stereocenters. The molecule has 17 heavy (non-hydrogen) atoms.